The number of carboxylic acids is 1. The third-order valence-electron chi connectivity index (χ3n) is 2.44. The second-order valence-electron chi connectivity index (χ2n) is 3.79. The van der Waals surface area contributed by atoms with E-state index in [1.54, 1.807) is 6.07 Å². The largest absolute Gasteiger partial charge is 0.478 e. The van der Waals surface area contributed by atoms with Gasteiger partial charge >= 0.3 is 5.97 Å². The molecular weight excluding hydrogens is 270 g/mol. The highest BCUT2D eigenvalue weighted by Crippen LogP contribution is 2.12. The van der Waals surface area contributed by atoms with E-state index >= 15 is 0 Å². The summed E-state index contributed by atoms with van der Waals surface area (Å²) in [5, 5.41) is 8.83. The minimum Gasteiger partial charge on any atom is -0.478 e. The Kier molecular flexibility index (Phi) is 3.68. The molecule has 1 aromatic heterocycles. The fraction of sp³-hybridized carbons (Fsp3) is 0.0833. The maximum atomic E-state index is 12.0. The monoisotopic (exact) mass is 281 g/mol. The van der Waals surface area contributed by atoms with Gasteiger partial charge in [-0.05, 0) is 24.3 Å². The molecule has 0 radical (unpaired) electrons. The first-order valence-corrected chi connectivity index (χ1v) is 6.81. The molecule has 0 saturated heterocycles. The summed E-state index contributed by atoms with van der Waals surface area (Å²) in [6, 6.07) is 6.80. The van der Waals surface area contributed by atoms with E-state index in [1.807, 2.05) is 0 Å². The molecule has 1 heterocycles. The number of carboxylic acid groups (broad SMARTS) is 1. The minimum atomic E-state index is -3.75. The molecule has 0 aliphatic carbocycles. The van der Waals surface area contributed by atoms with Gasteiger partial charge in [0.05, 0.1) is 23.0 Å². The third-order valence-corrected chi connectivity index (χ3v) is 3.84. The van der Waals surface area contributed by atoms with Crippen LogP contribution in [0.4, 0.5) is 0 Å². The molecular formula is C12H11NO5S. The van der Waals surface area contributed by atoms with Gasteiger partial charge in [-0.1, -0.05) is 6.07 Å². The van der Waals surface area contributed by atoms with Gasteiger partial charge in [0.25, 0.3) is 0 Å². The fourth-order valence-corrected chi connectivity index (χ4v) is 2.51. The second kappa shape index (κ2) is 5.25. The Balaban J connectivity index is 2.19. The van der Waals surface area contributed by atoms with E-state index in [0.717, 1.165) is 6.07 Å². The molecule has 2 N–H and O–H groups in total. The lowest BCUT2D eigenvalue weighted by molar-refractivity contribution is 0.0696. The Morgan fingerprint density at radius 3 is 2.74 bits per heavy atom. The predicted molar refractivity (Wildman–Crippen MR) is 66.1 cm³/mol. The van der Waals surface area contributed by atoms with Crippen molar-refractivity contribution in [3.8, 4) is 0 Å². The van der Waals surface area contributed by atoms with Gasteiger partial charge in [-0.25, -0.2) is 17.9 Å². The molecule has 7 heteroatoms. The highest BCUT2D eigenvalue weighted by Gasteiger charge is 2.15. The van der Waals surface area contributed by atoms with Crippen LogP contribution in [0.1, 0.15) is 15.9 Å². The molecule has 6 nitrogen and oxygen atoms in total. The van der Waals surface area contributed by atoms with Crippen molar-refractivity contribution >= 4 is 16.0 Å². The Labute approximate surface area is 109 Å². The summed E-state index contributed by atoms with van der Waals surface area (Å²) in [5.74, 6) is -1.17. The van der Waals surface area contributed by atoms with Gasteiger partial charge in [-0.3, -0.25) is 0 Å². The zero-order valence-electron chi connectivity index (χ0n) is 9.74. The quantitative estimate of drug-likeness (QED) is 0.864. The fourth-order valence-electron chi connectivity index (χ4n) is 1.45. The summed E-state index contributed by atoms with van der Waals surface area (Å²) < 4.78 is 31.1. The van der Waals surface area contributed by atoms with E-state index in [2.05, 4.69) is 4.72 Å². The highest BCUT2D eigenvalue weighted by atomic mass is 32.2. The zero-order valence-corrected chi connectivity index (χ0v) is 10.6. The number of hydrogen-bond donors (Lipinski definition) is 2. The van der Waals surface area contributed by atoms with Crippen LogP contribution >= 0.6 is 0 Å². The standard InChI is InChI=1S/C12H11NO5S/c14-12(15)10-2-1-3-11(6-10)19(16,17)13-7-9-4-5-18-8-9/h1-6,8,13H,7H2,(H,14,15). The predicted octanol–water partition coefficient (Wildman–Crippen LogP) is 1.46. The smallest absolute Gasteiger partial charge is 0.335 e. The minimum absolute atomic E-state index is 0.0776. The lowest BCUT2D eigenvalue weighted by Gasteiger charge is -2.06. The van der Waals surface area contributed by atoms with Crippen LogP contribution in [0.5, 0.6) is 0 Å². The van der Waals surface area contributed by atoms with Crippen molar-refractivity contribution in [2.75, 3.05) is 0 Å². The zero-order chi connectivity index (χ0) is 13.9. The number of carbonyl (C=O) groups is 1. The van der Waals surface area contributed by atoms with Gasteiger partial charge in [-0.15, -0.1) is 0 Å². The van der Waals surface area contributed by atoms with Crippen molar-refractivity contribution in [1.29, 1.82) is 0 Å². The second-order valence-corrected chi connectivity index (χ2v) is 5.56. The molecule has 0 aliphatic rings. The summed E-state index contributed by atoms with van der Waals surface area (Å²) in [6.07, 6.45) is 2.87. The lowest BCUT2D eigenvalue weighted by atomic mass is 10.2. The first kappa shape index (κ1) is 13.3. The summed E-state index contributed by atoms with van der Waals surface area (Å²) in [4.78, 5) is 10.7. The van der Waals surface area contributed by atoms with E-state index in [0.29, 0.717) is 5.56 Å². The number of nitrogens with one attached hydrogen (secondary N) is 1. The average molecular weight is 281 g/mol. The van der Waals surface area contributed by atoms with Crippen LogP contribution in [0.2, 0.25) is 0 Å². The van der Waals surface area contributed by atoms with Crippen LogP contribution in [-0.4, -0.2) is 19.5 Å². The Bertz CT molecular complexity index is 676. The molecule has 0 fully saturated rings. The molecule has 0 amide bonds. The van der Waals surface area contributed by atoms with Gasteiger partial charge in [-0.2, -0.15) is 0 Å². The third kappa shape index (κ3) is 3.21. The van der Waals surface area contributed by atoms with E-state index in [1.165, 1.54) is 30.7 Å². The van der Waals surface area contributed by atoms with Crippen molar-refractivity contribution < 1.29 is 22.7 Å². The Morgan fingerprint density at radius 1 is 1.32 bits per heavy atom. The highest BCUT2D eigenvalue weighted by molar-refractivity contribution is 7.89. The molecule has 0 bridgehead atoms. The first-order chi connectivity index (χ1) is 8.99. The summed E-state index contributed by atoms with van der Waals surface area (Å²) in [7, 11) is -3.75. The van der Waals surface area contributed by atoms with E-state index in [4.69, 9.17) is 9.52 Å². The van der Waals surface area contributed by atoms with Crippen molar-refractivity contribution in [3.05, 3.63) is 54.0 Å². The molecule has 2 aromatic rings. The first-order valence-electron chi connectivity index (χ1n) is 5.33. The normalized spacial score (nSPS) is 11.4. The summed E-state index contributed by atoms with van der Waals surface area (Å²) in [6.45, 7) is 0.0795. The topological polar surface area (TPSA) is 96.6 Å². The van der Waals surface area contributed by atoms with Crippen LogP contribution < -0.4 is 4.72 Å². The van der Waals surface area contributed by atoms with Crippen molar-refractivity contribution in [3.63, 3.8) is 0 Å². The van der Waals surface area contributed by atoms with Gasteiger partial charge in [0.2, 0.25) is 10.0 Å². The molecule has 0 saturated carbocycles. The van der Waals surface area contributed by atoms with E-state index in [-0.39, 0.29) is 17.0 Å². The Hall–Kier alpha value is -2.12. The summed E-state index contributed by atoms with van der Waals surface area (Å²) in [5.41, 5.74) is 0.601. The van der Waals surface area contributed by atoms with Gasteiger partial charge in [0, 0.05) is 12.1 Å². The molecule has 0 spiro atoms. The van der Waals surface area contributed by atoms with E-state index in [9.17, 15) is 13.2 Å². The number of hydrogen-bond acceptors (Lipinski definition) is 4. The average Bonchev–Trinajstić information content (AvgIpc) is 2.90. The maximum absolute atomic E-state index is 12.0. The SMILES string of the molecule is O=C(O)c1cccc(S(=O)(=O)NCc2ccoc2)c1. The molecule has 1 aromatic carbocycles. The summed E-state index contributed by atoms with van der Waals surface area (Å²) >= 11 is 0. The number of rotatable bonds is 5. The maximum Gasteiger partial charge on any atom is 0.335 e. The van der Waals surface area contributed by atoms with Crippen LogP contribution in [0.15, 0.2) is 52.2 Å². The number of aromatic carboxylic acids is 1. The van der Waals surface area contributed by atoms with Crippen LogP contribution in [-0.2, 0) is 16.6 Å². The number of sulfonamides is 1. The van der Waals surface area contributed by atoms with Crippen molar-refractivity contribution in [1.82, 2.24) is 4.72 Å². The van der Waals surface area contributed by atoms with Crippen LogP contribution in [0, 0.1) is 0 Å². The number of furan rings is 1. The van der Waals surface area contributed by atoms with Crippen molar-refractivity contribution in [2.24, 2.45) is 0 Å². The lowest BCUT2D eigenvalue weighted by Crippen LogP contribution is -2.23. The van der Waals surface area contributed by atoms with Crippen LogP contribution in [0.25, 0.3) is 0 Å². The van der Waals surface area contributed by atoms with Gasteiger partial charge in [0.1, 0.15) is 0 Å². The van der Waals surface area contributed by atoms with Crippen molar-refractivity contribution in [2.45, 2.75) is 11.4 Å². The number of benzene rings is 1. The Morgan fingerprint density at radius 2 is 2.11 bits per heavy atom. The molecule has 0 unspecified atom stereocenters. The van der Waals surface area contributed by atoms with Gasteiger partial charge < -0.3 is 9.52 Å². The molecule has 19 heavy (non-hydrogen) atoms. The molecule has 100 valence electrons. The van der Waals surface area contributed by atoms with Crippen LogP contribution in [0.3, 0.4) is 0 Å². The molecule has 0 aliphatic heterocycles. The van der Waals surface area contributed by atoms with Gasteiger partial charge in [0.15, 0.2) is 0 Å². The van der Waals surface area contributed by atoms with E-state index < -0.39 is 16.0 Å². The molecule has 0 atom stereocenters. The molecule has 2 rings (SSSR count).